The summed E-state index contributed by atoms with van der Waals surface area (Å²) in [5.74, 6) is 0.317. The van der Waals surface area contributed by atoms with Crippen molar-refractivity contribution >= 4 is 11.6 Å². The Kier molecular flexibility index (Phi) is 4.27. The average Bonchev–Trinajstić information content (AvgIpc) is 2.39. The molecule has 0 radical (unpaired) electrons. The first-order valence-electron chi connectivity index (χ1n) is 6.28. The van der Waals surface area contributed by atoms with E-state index in [9.17, 15) is 5.11 Å². The van der Waals surface area contributed by atoms with Crippen LogP contribution in [-0.4, -0.2) is 5.11 Å². The number of benzene rings is 2. The first-order valence-corrected chi connectivity index (χ1v) is 6.66. The highest BCUT2D eigenvalue weighted by Gasteiger charge is 2.05. The van der Waals surface area contributed by atoms with E-state index < -0.39 is 0 Å². The Hall–Kier alpha value is -1.47. The first-order chi connectivity index (χ1) is 8.70. The Morgan fingerprint density at radius 1 is 1.06 bits per heavy atom. The van der Waals surface area contributed by atoms with E-state index in [1.54, 1.807) is 6.07 Å². The molecular formula is C16H17ClO. The van der Waals surface area contributed by atoms with Crippen LogP contribution in [0.2, 0.25) is 5.02 Å². The minimum absolute atomic E-state index is 0.317. The third-order valence-corrected chi connectivity index (χ3v) is 3.29. The summed E-state index contributed by atoms with van der Waals surface area (Å²) >= 11 is 5.88. The molecule has 0 fully saturated rings. The molecule has 0 saturated heterocycles. The summed E-state index contributed by atoms with van der Waals surface area (Å²) < 4.78 is 0. The van der Waals surface area contributed by atoms with E-state index in [1.807, 2.05) is 30.3 Å². The highest BCUT2D eigenvalue weighted by atomic mass is 35.5. The minimum Gasteiger partial charge on any atom is -0.507 e. The smallest absolute Gasteiger partial charge is 0.123 e. The van der Waals surface area contributed by atoms with Gasteiger partial charge in [0.1, 0.15) is 5.75 Å². The molecule has 2 aromatic rings. The van der Waals surface area contributed by atoms with E-state index in [0.29, 0.717) is 10.8 Å². The monoisotopic (exact) mass is 260 g/mol. The second-order valence-electron chi connectivity index (χ2n) is 4.46. The molecule has 0 bridgehead atoms. The van der Waals surface area contributed by atoms with Gasteiger partial charge in [0.05, 0.1) is 0 Å². The molecular weight excluding hydrogens is 244 g/mol. The van der Waals surface area contributed by atoms with Gasteiger partial charge in [0.2, 0.25) is 0 Å². The van der Waals surface area contributed by atoms with Crippen LogP contribution in [0.15, 0.2) is 42.5 Å². The second-order valence-corrected chi connectivity index (χ2v) is 4.90. The quantitative estimate of drug-likeness (QED) is 0.815. The number of rotatable bonds is 4. The van der Waals surface area contributed by atoms with Crippen LogP contribution in [0.3, 0.4) is 0 Å². The van der Waals surface area contributed by atoms with E-state index >= 15 is 0 Å². The maximum atomic E-state index is 9.95. The van der Waals surface area contributed by atoms with E-state index in [1.165, 1.54) is 18.4 Å². The maximum absolute atomic E-state index is 9.95. The number of hydrogen-bond donors (Lipinski definition) is 1. The number of aryl methyl sites for hydroxylation is 1. The molecule has 94 valence electrons. The van der Waals surface area contributed by atoms with Crippen LogP contribution >= 0.6 is 11.6 Å². The molecule has 0 atom stereocenters. The number of unbranched alkanes of at least 4 members (excludes halogenated alkanes) is 1. The SMILES string of the molecule is CCCCc1ccc(O)c(-c2ccc(Cl)cc2)c1. The lowest BCUT2D eigenvalue weighted by Crippen LogP contribution is -1.87. The van der Waals surface area contributed by atoms with Crippen LogP contribution in [0.4, 0.5) is 0 Å². The Bertz CT molecular complexity index is 517. The van der Waals surface area contributed by atoms with Gasteiger partial charge in [-0.15, -0.1) is 0 Å². The lowest BCUT2D eigenvalue weighted by molar-refractivity contribution is 0.477. The molecule has 0 aromatic heterocycles. The third-order valence-electron chi connectivity index (χ3n) is 3.04. The number of phenolic OH excluding ortho intramolecular Hbond substituents is 1. The molecule has 0 saturated carbocycles. The molecule has 1 nitrogen and oxygen atoms in total. The predicted octanol–water partition coefficient (Wildman–Crippen LogP) is 5.06. The van der Waals surface area contributed by atoms with Crippen LogP contribution in [0.1, 0.15) is 25.3 Å². The molecule has 0 spiro atoms. The number of phenols is 1. The van der Waals surface area contributed by atoms with Gasteiger partial charge >= 0.3 is 0 Å². The highest BCUT2D eigenvalue weighted by Crippen LogP contribution is 2.31. The summed E-state index contributed by atoms with van der Waals surface area (Å²) in [4.78, 5) is 0. The third kappa shape index (κ3) is 3.05. The van der Waals surface area contributed by atoms with Crippen molar-refractivity contribution in [1.82, 2.24) is 0 Å². The number of aromatic hydroxyl groups is 1. The van der Waals surface area contributed by atoms with Crippen molar-refractivity contribution in [2.75, 3.05) is 0 Å². The van der Waals surface area contributed by atoms with Gasteiger partial charge < -0.3 is 5.11 Å². The molecule has 0 amide bonds. The minimum atomic E-state index is 0.317. The van der Waals surface area contributed by atoms with Gasteiger partial charge in [0.25, 0.3) is 0 Å². The fraction of sp³-hybridized carbons (Fsp3) is 0.250. The summed E-state index contributed by atoms with van der Waals surface area (Å²) in [6, 6.07) is 13.4. The van der Waals surface area contributed by atoms with E-state index in [-0.39, 0.29) is 0 Å². The van der Waals surface area contributed by atoms with Gasteiger partial charge in [0.15, 0.2) is 0 Å². The van der Waals surface area contributed by atoms with Gasteiger partial charge in [-0.25, -0.2) is 0 Å². The van der Waals surface area contributed by atoms with Gasteiger partial charge in [-0.2, -0.15) is 0 Å². The predicted molar refractivity (Wildman–Crippen MR) is 77.2 cm³/mol. The van der Waals surface area contributed by atoms with Gasteiger partial charge in [-0.3, -0.25) is 0 Å². The fourth-order valence-electron chi connectivity index (χ4n) is 1.98. The van der Waals surface area contributed by atoms with E-state index in [4.69, 9.17) is 11.6 Å². The highest BCUT2D eigenvalue weighted by molar-refractivity contribution is 6.30. The van der Waals surface area contributed by atoms with Crippen molar-refractivity contribution in [3.63, 3.8) is 0 Å². The second kappa shape index (κ2) is 5.92. The van der Waals surface area contributed by atoms with Gasteiger partial charge in [-0.05, 0) is 48.2 Å². The Morgan fingerprint density at radius 2 is 1.78 bits per heavy atom. The zero-order chi connectivity index (χ0) is 13.0. The topological polar surface area (TPSA) is 20.2 Å². The molecule has 2 rings (SSSR count). The molecule has 0 aliphatic carbocycles. The van der Waals surface area contributed by atoms with Crippen molar-refractivity contribution in [1.29, 1.82) is 0 Å². The largest absolute Gasteiger partial charge is 0.507 e. The maximum Gasteiger partial charge on any atom is 0.123 e. The summed E-state index contributed by atoms with van der Waals surface area (Å²) in [5.41, 5.74) is 3.13. The van der Waals surface area contributed by atoms with Crippen LogP contribution in [0, 0.1) is 0 Å². The van der Waals surface area contributed by atoms with Crippen LogP contribution in [0.5, 0.6) is 5.75 Å². The lowest BCUT2D eigenvalue weighted by Gasteiger charge is -2.08. The lowest BCUT2D eigenvalue weighted by atomic mass is 9.99. The van der Waals surface area contributed by atoms with Crippen LogP contribution in [-0.2, 0) is 6.42 Å². The van der Waals surface area contributed by atoms with Crippen molar-refractivity contribution in [2.24, 2.45) is 0 Å². The number of hydrogen-bond acceptors (Lipinski definition) is 1. The zero-order valence-electron chi connectivity index (χ0n) is 10.5. The Morgan fingerprint density at radius 3 is 2.44 bits per heavy atom. The van der Waals surface area contributed by atoms with Crippen molar-refractivity contribution in [3.05, 3.63) is 53.1 Å². The summed E-state index contributed by atoms with van der Waals surface area (Å²) in [7, 11) is 0. The zero-order valence-corrected chi connectivity index (χ0v) is 11.2. The molecule has 0 aliphatic rings. The van der Waals surface area contributed by atoms with E-state index in [0.717, 1.165) is 17.5 Å². The Balaban J connectivity index is 2.33. The fourth-order valence-corrected chi connectivity index (χ4v) is 2.11. The molecule has 1 N–H and O–H groups in total. The summed E-state index contributed by atoms with van der Waals surface area (Å²) in [6.45, 7) is 2.18. The number of halogens is 1. The molecule has 2 aromatic carbocycles. The molecule has 18 heavy (non-hydrogen) atoms. The van der Waals surface area contributed by atoms with Gasteiger partial charge in [0, 0.05) is 10.6 Å². The molecule has 2 heteroatoms. The molecule has 0 unspecified atom stereocenters. The Labute approximate surface area is 113 Å². The van der Waals surface area contributed by atoms with Crippen molar-refractivity contribution in [3.8, 4) is 16.9 Å². The summed E-state index contributed by atoms with van der Waals surface area (Å²) in [6.07, 6.45) is 3.40. The normalized spacial score (nSPS) is 10.6. The van der Waals surface area contributed by atoms with E-state index in [2.05, 4.69) is 13.0 Å². The average molecular weight is 261 g/mol. The van der Waals surface area contributed by atoms with Crippen LogP contribution < -0.4 is 0 Å². The van der Waals surface area contributed by atoms with Crippen LogP contribution in [0.25, 0.3) is 11.1 Å². The molecule has 0 heterocycles. The van der Waals surface area contributed by atoms with Crippen molar-refractivity contribution < 1.29 is 5.11 Å². The van der Waals surface area contributed by atoms with Crippen molar-refractivity contribution in [2.45, 2.75) is 26.2 Å². The first kappa shape index (κ1) is 13.0. The van der Waals surface area contributed by atoms with Gasteiger partial charge in [-0.1, -0.05) is 43.1 Å². The molecule has 0 aliphatic heterocycles. The summed E-state index contributed by atoms with van der Waals surface area (Å²) in [5, 5.41) is 10.7. The standard InChI is InChI=1S/C16H17ClO/c1-2-3-4-12-5-10-16(18)15(11-12)13-6-8-14(17)9-7-13/h5-11,18H,2-4H2,1H3.